The minimum atomic E-state index is -0.0496. The van der Waals surface area contributed by atoms with Crippen molar-refractivity contribution in [1.29, 1.82) is 0 Å². The van der Waals surface area contributed by atoms with Gasteiger partial charge in [0, 0.05) is 18.9 Å². The fraction of sp³-hybridized carbons (Fsp3) is 0.364. The lowest BCUT2D eigenvalue weighted by Crippen LogP contribution is -2.33. The molecular weight excluding hydrogens is 190 g/mol. The molecule has 0 aromatic carbocycles. The van der Waals surface area contributed by atoms with E-state index in [-0.39, 0.29) is 12.5 Å². The Morgan fingerprint density at radius 2 is 2.47 bits per heavy atom. The predicted molar refractivity (Wildman–Crippen MR) is 59.0 cm³/mol. The molecule has 0 aliphatic heterocycles. The highest BCUT2D eigenvalue weighted by Crippen LogP contribution is 1.97. The van der Waals surface area contributed by atoms with E-state index in [1.54, 1.807) is 0 Å². The molecule has 1 rings (SSSR count). The number of carbonyl (C=O) groups excluding carboxylic acids is 1. The van der Waals surface area contributed by atoms with Crippen LogP contribution < -0.4 is 10.6 Å². The number of rotatable bonds is 5. The van der Waals surface area contributed by atoms with Gasteiger partial charge in [-0.2, -0.15) is 0 Å². The van der Waals surface area contributed by atoms with Crippen LogP contribution in [0.2, 0.25) is 0 Å². The van der Waals surface area contributed by atoms with Gasteiger partial charge in [0.15, 0.2) is 0 Å². The molecule has 1 aromatic rings. The van der Waals surface area contributed by atoms with Gasteiger partial charge in [-0.15, -0.1) is 6.42 Å². The molecule has 0 saturated heterocycles. The standard InChI is InChI=1S/C11H15N3O/c1-3-6-12-9-11(15)13-8-10-5-4-7-14(10)2/h1,4-5,7,12H,6,8-9H2,2H3,(H,13,15). The zero-order valence-electron chi connectivity index (χ0n) is 8.79. The summed E-state index contributed by atoms with van der Waals surface area (Å²) in [5.74, 6) is 2.36. The predicted octanol–water partition coefficient (Wildman–Crippen LogP) is -0.136. The Balaban J connectivity index is 2.23. The number of amides is 1. The molecule has 0 aliphatic carbocycles. The Morgan fingerprint density at radius 1 is 1.67 bits per heavy atom. The molecule has 1 aromatic heterocycles. The first-order chi connectivity index (χ1) is 7.24. The summed E-state index contributed by atoms with van der Waals surface area (Å²) in [6.07, 6.45) is 6.98. The molecule has 80 valence electrons. The summed E-state index contributed by atoms with van der Waals surface area (Å²) in [6.45, 7) is 1.21. The number of carbonyl (C=O) groups is 1. The maximum atomic E-state index is 11.3. The van der Waals surface area contributed by atoms with Crippen LogP contribution in [0.25, 0.3) is 0 Å². The van der Waals surface area contributed by atoms with Gasteiger partial charge in [-0.1, -0.05) is 5.92 Å². The first kappa shape index (κ1) is 11.3. The average molecular weight is 205 g/mol. The van der Waals surface area contributed by atoms with Crippen LogP contribution in [-0.4, -0.2) is 23.6 Å². The number of aromatic nitrogens is 1. The Labute approximate surface area is 89.7 Å². The van der Waals surface area contributed by atoms with Crippen LogP contribution in [0.4, 0.5) is 0 Å². The van der Waals surface area contributed by atoms with Crippen molar-refractivity contribution in [1.82, 2.24) is 15.2 Å². The minimum Gasteiger partial charge on any atom is -0.353 e. The van der Waals surface area contributed by atoms with E-state index in [0.717, 1.165) is 5.69 Å². The van der Waals surface area contributed by atoms with Gasteiger partial charge in [-0.25, -0.2) is 0 Å². The Bertz CT molecular complexity index is 362. The Hall–Kier alpha value is -1.73. The molecule has 0 saturated carbocycles. The van der Waals surface area contributed by atoms with Gasteiger partial charge >= 0.3 is 0 Å². The first-order valence-corrected chi connectivity index (χ1v) is 4.75. The van der Waals surface area contributed by atoms with E-state index in [1.165, 1.54) is 0 Å². The molecule has 2 N–H and O–H groups in total. The minimum absolute atomic E-state index is 0.0496. The van der Waals surface area contributed by atoms with E-state index in [0.29, 0.717) is 13.1 Å². The van der Waals surface area contributed by atoms with E-state index in [2.05, 4.69) is 16.6 Å². The summed E-state index contributed by atoms with van der Waals surface area (Å²) in [4.78, 5) is 11.3. The third-order valence-corrected chi connectivity index (χ3v) is 2.03. The topological polar surface area (TPSA) is 46.1 Å². The molecule has 1 amide bonds. The SMILES string of the molecule is C#CCNCC(=O)NCc1cccn1C. The van der Waals surface area contributed by atoms with Gasteiger partial charge in [0.05, 0.1) is 19.6 Å². The largest absolute Gasteiger partial charge is 0.353 e. The lowest BCUT2D eigenvalue weighted by molar-refractivity contribution is -0.120. The zero-order chi connectivity index (χ0) is 11.1. The second-order valence-corrected chi connectivity index (χ2v) is 3.19. The maximum absolute atomic E-state index is 11.3. The van der Waals surface area contributed by atoms with Crippen LogP contribution in [0.3, 0.4) is 0 Å². The van der Waals surface area contributed by atoms with E-state index in [4.69, 9.17) is 6.42 Å². The Morgan fingerprint density at radius 3 is 3.07 bits per heavy atom. The Kier molecular flexibility index (Phi) is 4.45. The molecule has 1 heterocycles. The number of hydrogen-bond acceptors (Lipinski definition) is 2. The van der Waals surface area contributed by atoms with Gasteiger partial charge in [0.1, 0.15) is 0 Å². The molecular formula is C11H15N3O. The van der Waals surface area contributed by atoms with Crippen molar-refractivity contribution < 1.29 is 4.79 Å². The summed E-state index contributed by atoms with van der Waals surface area (Å²) in [5.41, 5.74) is 1.07. The van der Waals surface area contributed by atoms with Crippen LogP contribution in [0.15, 0.2) is 18.3 Å². The molecule has 0 radical (unpaired) electrons. The summed E-state index contributed by atoms with van der Waals surface area (Å²) < 4.78 is 1.97. The van der Waals surface area contributed by atoms with Crippen molar-refractivity contribution in [2.45, 2.75) is 6.54 Å². The molecule has 0 atom stereocenters. The summed E-state index contributed by atoms with van der Waals surface area (Å²) >= 11 is 0. The number of nitrogens with zero attached hydrogens (tertiary/aromatic N) is 1. The zero-order valence-corrected chi connectivity index (χ0v) is 8.79. The van der Waals surface area contributed by atoms with Crippen molar-refractivity contribution in [3.63, 3.8) is 0 Å². The van der Waals surface area contributed by atoms with E-state index >= 15 is 0 Å². The molecule has 0 fully saturated rings. The van der Waals surface area contributed by atoms with Crippen molar-refractivity contribution in [2.24, 2.45) is 7.05 Å². The third-order valence-electron chi connectivity index (χ3n) is 2.03. The highest BCUT2D eigenvalue weighted by atomic mass is 16.1. The highest BCUT2D eigenvalue weighted by molar-refractivity contribution is 5.77. The summed E-state index contributed by atoms with van der Waals surface area (Å²) in [5, 5.41) is 5.62. The van der Waals surface area contributed by atoms with Gasteiger partial charge in [-0.05, 0) is 12.1 Å². The molecule has 4 nitrogen and oxygen atoms in total. The number of aryl methyl sites for hydroxylation is 1. The van der Waals surface area contributed by atoms with Crippen molar-refractivity contribution in [3.05, 3.63) is 24.0 Å². The first-order valence-electron chi connectivity index (χ1n) is 4.75. The molecule has 0 spiro atoms. The van der Waals surface area contributed by atoms with Gasteiger partial charge < -0.3 is 9.88 Å². The van der Waals surface area contributed by atoms with Crippen LogP contribution in [0.1, 0.15) is 5.69 Å². The highest BCUT2D eigenvalue weighted by Gasteiger charge is 2.01. The molecule has 0 aliphatic rings. The lowest BCUT2D eigenvalue weighted by atomic mass is 10.4. The monoisotopic (exact) mass is 205 g/mol. The summed E-state index contributed by atoms with van der Waals surface area (Å²) in [6, 6.07) is 3.91. The normalized spacial score (nSPS) is 9.60. The quantitative estimate of drug-likeness (QED) is 0.519. The van der Waals surface area contributed by atoms with E-state index in [1.807, 2.05) is 29.9 Å². The molecule has 0 bridgehead atoms. The van der Waals surface area contributed by atoms with Crippen LogP contribution >= 0.6 is 0 Å². The van der Waals surface area contributed by atoms with Crippen molar-refractivity contribution in [3.8, 4) is 12.3 Å². The fourth-order valence-corrected chi connectivity index (χ4v) is 1.18. The number of nitrogens with one attached hydrogen (secondary N) is 2. The molecule has 4 heteroatoms. The van der Waals surface area contributed by atoms with Gasteiger partial charge in [-0.3, -0.25) is 10.1 Å². The van der Waals surface area contributed by atoms with Crippen LogP contribution in [-0.2, 0) is 18.4 Å². The van der Waals surface area contributed by atoms with Gasteiger partial charge in [0.2, 0.25) is 5.91 Å². The van der Waals surface area contributed by atoms with Crippen LogP contribution in [0.5, 0.6) is 0 Å². The molecule has 15 heavy (non-hydrogen) atoms. The fourth-order valence-electron chi connectivity index (χ4n) is 1.18. The second kappa shape index (κ2) is 5.89. The lowest BCUT2D eigenvalue weighted by Gasteiger charge is -2.06. The smallest absolute Gasteiger partial charge is 0.234 e. The number of terminal acetylenes is 1. The van der Waals surface area contributed by atoms with Gasteiger partial charge in [0.25, 0.3) is 0 Å². The summed E-state index contributed by atoms with van der Waals surface area (Å²) in [7, 11) is 1.94. The third kappa shape index (κ3) is 3.88. The average Bonchev–Trinajstić information content (AvgIpc) is 2.61. The van der Waals surface area contributed by atoms with E-state index < -0.39 is 0 Å². The van der Waals surface area contributed by atoms with E-state index in [9.17, 15) is 4.79 Å². The molecule has 0 unspecified atom stereocenters. The van der Waals surface area contributed by atoms with Crippen molar-refractivity contribution >= 4 is 5.91 Å². The van der Waals surface area contributed by atoms with Crippen molar-refractivity contribution in [2.75, 3.05) is 13.1 Å². The maximum Gasteiger partial charge on any atom is 0.234 e. The second-order valence-electron chi connectivity index (χ2n) is 3.19. The number of hydrogen-bond donors (Lipinski definition) is 2. The van der Waals surface area contributed by atoms with Crippen LogP contribution in [0, 0.1) is 12.3 Å².